The molecule has 0 aliphatic carbocycles. The smallest absolute Gasteiger partial charge is 0.229 e. The lowest BCUT2D eigenvalue weighted by atomic mass is 10.2. The largest absolute Gasteiger partial charge is 0.386 e. The molecule has 0 radical (unpaired) electrons. The van der Waals surface area contributed by atoms with Gasteiger partial charge in [-0.3, -0.25) is 4.72 Å². The molecule has 0 aliphatic rings. The van der Waals surface area contributed by atoms with E-state index >= 15 is 0 Å². The minimum atomic E-state index is -3.31. The van der Waals surface area contributed by atoms with Crippen LogP contribution in [0.5, 0.6) is 0 Å². The number of benzene rings is 1. The van der Waals surface area contributed by atoms with E-state index in [9.17, 15) is 8.42 Å². The molecule has 0 aromatic heterocycles. The van der Waals surface area contributed by atoms with Gasteiger partial charge in [0.25, 0.3) is 0 Å². The summed E-state index contributed by atoms with van der Waals surface area (Å²) >= 11 is 5.51. The van der Waals surface area contributed by atoms with Gasteiger partial charge in [-0.2, -0.15) is 0 Å². The number of hydrogen-bond donors (Lipinski definition) is 2. The number of alkyl halides is 1. The first kappa shape index (κ1) is 13.8. The van der Waals surface area contributed by atoms with Gasteiger partial charge in [-0.05, 0) is 24.6 Å². The zero-order valence-corrected chi connectivity index (χ0v) is 11.1. The van der Waals surface area contributed by atoms with Crippen LogP contribution < -0.4 is 10.5 Å². The molecule has 94 valence electrons. The predicted octanol–water partition coefficient (Wildman–Crippen LogP) is 1.59. The zero-order valence-electron chi connectivity index (χ0n) is 9.57. The maximum Gasteiger partial charge on any atom is 0.229 e. The van der Waals surface area contributed by atoms with E-state index < -0.39 is 10.0 Å². The second-order valence-corrected chi connectivity index (χ2v) is 5.63. The second-order valence-electron chi connectivity index (χ2n) is 3.61. The van der Waals surface area contributed by atoms with Crippen molar-refractivity contribution in [1.82, 2.24) is 0 Å². The first-order valence-corrected chi connectivity index (χ1v) is 7.22. The summed E-state index contributed by atoms with van der Waals surface area (Å²) < 4.78 is 24.7. The Morgan fingerprint density at radius 1 is 1.53 bits per heavy atom. The molecule has 3 N–H and O–H groups in total. The van der Waals surface area contributed by atoms with E-state index in [2.05, 4.69) is 9.71 Å². The summed E-state index contributed by atoms with van der Waals surface area (Å²) in [5.41, 5.74) is 7.34. The minimum absolute atomic E-state index is 0.128. The Balaban J connectivity index is 3.11. The van der Waals surface area contributed by atoms with Crippen molar-refractivity contribution in [2.24, 2.45) is 10.7 Å². The standard InChI is InChI=1S/C10H14ClN3O2S/c1-7-3-4-8(13-10(12)6-11)5-9(7)14-17(2,15)16/h3-5,14H,6H2,1-2H3,(H2,12,13). The summed E-state index contributed by atoms with van der Waals surface area (Å²) in [6.07, 6.45) is 1.09. The number of sulfonamides is 1. The number of anilines is 1. The molecule has 1 aromatic carbocycles. The molecule has 0 fully saturated rings. The van der Waals surface area contributed by atoms with Crippen LogP contribution in [-0.4, -0.2) is 26.4 Å². The lowest BCUT2D eigenvalue weighted by Gasteiger charge is -2.08. The number of halogens is 1. The van der Waals surface area contributed by atoms with Crippen LogP contribution in [0.3, 0.4) is 0 Å². The number of rotatable bonds is 4. The Hall–Kier alpha value is -1.27. The normalized spacial score (nSPS) is 12.5. The predicted molar refractivity (Wildman–Crippen MR) is 71.6 cm³/mol. The molecule has 0 heterocycles. The van der Waals surface area contributed by atoms with Gasteiger partial charge in [0.15, 0.2) is 0 Å². The van der Waals surface area contributed by atoms with E-state index in [0.29, 0.717) is 11.4 Å². The van der Waals surface area contributed by atoms with E-state index in [1.807, 2.05) is 0 Å². The number of nitrogens with two attached hydrogens (primary N) is 1. The molecule has 5 nitrogen and oxygen atoms in total. The third kappa shape index (κ3) is 4.62. The molecule has 0 saturated carbocycles. The Bertz CT molecular complexity index is 540. The van der Waals surface area contributed by atoms with Gasteiger partial charge in [0.1, 0.15) is 5.84 Å². The van der Waals surface area contributed by atoms with Gasteiger partial charge in [0.2, 0.25) is 10.0 Å². The monoisotopic (exact) mass is 275 g/mol. The Morgan fingerprint density at radius 2 is 2.18 bits per heavy atom. The average Bonchev–Trinajstić information content (AvgIpc) is 2.21. The number of nitrogens with one attached hydrogen (secondary N) is 1. The number of hydrogen-bond acceptors (Lipinski definition) is 3. The first-order chi connectivity index (χ1) is 7.81. The van der Waals surface area contributed by atoms with Crippen LogP contribution in [0, 0.1) is 6.92 Å². The van der Waals surface area contributed by atoms with E-state index in [4.69, 9.17) is 17.3 Å². The molecule has 0 atom stereocenters. The van der Waals surface area contributed by atoms with Crippen LogP contribution >= 0.6 is 11.6 Å². The van der Waals surface area contributed by atoms with Gasteiger partial charge in [-0.25, -0.2) is 13.4 Å². The molecule has 0 amide bonds. The maximum atomic E-state index is 11.1. The summed E-state index contributed by atoms with van der Waals surface area (Å²) in [6.45, 7) is 1.80. The van der Waals surface area contributed by atoms with Gasteiger partial charge < -0.3 is 5.73 Å². The number of nitrogens with zero attached hydrogens (tertiary/aromatic N) is 1. The number of amidine groups is 1. The summed E-state index contributed by atoms with van der Waals surface area (Å²) in [5, 5.41) is 0. The van der Waals surface area contributed by atoms with Crippen molar-refractivity contribution in [3.05, 3.63) is 23.8 Å². The van der Waals surface area contributed by atoms with Crippen molar-refractivity contribution in [2.75, 3.05) is 16.9 Å². The highest BCUT2D eigenvalue weighted by molar-refractivity contribution is 7.92. The molecule has 0 bridgehead atoms. The molecule has 0 unspecified atom stereocenters. The van der Waals surface area contributed by atoms with Crippen LogP contribution in [0.4, 0.5) is 11.4 Å². The van der Waals surface area contributed by atoms with Crippen molar-refractivity contribution in [3.8, 4) is 0 Å². The van der Waals surface area contributed by atoms with Crippen molar-refractivity contribution in [3.63, 3.8) is 0 Å². The van der Waals surface area contributed by atoms with E-state index in [1.54, 1.807) is 25.1 Å². The van der Waals surface area contributed by atoms with Crippen molar-refractivity contribution < 1.29 is 8.42 Å². The highest BCUT2D eigenvalue weighted by Gasteiger charge is 2.05. The van der Waals surface area contributed by atoms with Crippen LogP contribution in [0.1, 0.15) is 5.56 Å². The van der Waals surface area contributed by atoms with E-state index in [1.165, 1.54) is 0 Å². The van der Waals surface area contributed by atoms with Crippen LogP contribution in [-0.2, 0) is 10.0 Å². The second kappa shape index (κ2) is 5.37. The molecule has 1 rings (SSSR count). The Labute approximate surface area is 106 Å². The fourth-order valence-corrected chi connectivity index (χ4v) is 1.86. The fraction of sp³-hybridized carbons (Fsp3) is 0.300. The summed E-state index contributed by atoms with van der Waals surface area (Å²) in [6, 6.07) is 5.10. The molecular weight excluding hydrogens is 262 g/mol. The third-order valence-electron chi connectivity index (χ3n) is 1.93. The fourth-order valence-electron chi connectivity index (χ4n) is 1.18. The average molecular weight is 276 g/mol. The topological polar surface area (TPSA) is 84.5 Å². The Kier molecular flexibility index (Phi) is 4.36. The van der Waals surface area contributed by atoms with E-state index in [-0.39, 0.29) is 11.7 Å². The maximum absolute atomic E-state index is 11.1. The SMILES string of the molecule is Cc1ccc(N=C(N)CCl)cc1NS(C)(=O)=O. The quantitative estimate of drug-likeness (QED) is 0.497. The molecule has 17 heavy (non-hydrogen) atoms. The molecule has 0 spiro atoms. The third-order valence-corrected chi connectivity index (χ3v) is 2.79. The zero-order chi connectivity index (χ0) is 13.1. The van der Waals surface area contributed by atoms with Crippen molar-refractivity contribution in [1.29, 1.82) is 0 Å². The van der Waals surface area contributed by atoms with Gasteiger partial charge in [-0.15, -0.1) is 11.6 Å². The van der Waals surface area contributed by atoms with Gasteiger partial charge >= 0.3 is 0 Å². The lowest BCUT2D eigenvalue weighted by Crippen LogP contribution is -2.12. The molecule has 1 aromatic rings. The highest BCUT2D eigenvalue weighted by atomic mass is 35.5. The molecule has 0 saturated heterocycles. The molecule has 7 heteroatoms. The number of aryl methyl sites for hydroxylation is 1. The highest BCUT2D eigenvalue weighted by Crippen LogP contribution is 2.23. The minimum Gasteiger partial charge on any atom is -0.386 e. The molecule has 0 aliphatic heterocycles. The van der Waals surface area contributed by atoms with Gasteiger partial charge in [0.05, 0.1) is 23.5 Å². The summed E-state index contributed by atoms with van der Waals surface area (Å²) in [4.78, 5) is 4.04. The lowest BCUT2D eigenvalue weighted by molar-refractivity contribution is 0.607. The van der Waals surface area contributed by atoms with Crippen molar-refractivity contribution >= 4 is 38.8 Å². The van der Waals surface area contributed by atoms with Gasteiger partial charge in [0, 0.05) is 0 Å². The van der Waals surface area contributed by atoms with Crippen molar-refractivity contribution in [2.45, 2.75) is 6.92 Å². The Morgan fingerprint density at radius 3 is 2.71 bits per heavy atom. The number of aliphatic imine (C=N–C) groups is 1. The van der Waals surface area contributed by atoms with Gasteiger partial charge in [-0.1, -0.05) is 6.07 Å². The first-order valence-electron chi connectivity index (χ1n) is 4.79. The van der Waals surface area contributed by atoms with E-state index in [0.717, 1.165) is 11.8 Å². The van der Waals surface area contributed by atoms with Crippen LogP contribution in [0.15, 0.2) is 23.2 Å². The van der Waals surface area contributed by atoms with Crippen LogP contribution in [0.2, 0.25) is 0 Å². The molecular formula is C10H14ClN3O2S. The van der Waals surface area contributed by atoms with Crippen LogP contribution in [0.25, 0.3) is 0 Å². The summed E-state index contributed by atoms with van der Waals surface area (Å²) in [5.74, 6) is 0.406. The summed E-state index contributed by atoms with van der Waals surface area (Å²) in [7, 11) is -3.31.